The summed E-state index contributed by atoms with van der Waals surface area (Å²) in [5.41, 5.74) is 2.29. The lowest BCUT2D eigenvalue weighted by Gasteiger charge is -2.28. The van der Waals surface area contributed by atoms with Crippen molar-refractivity contribution in [3.05, 3.63) is 41.5 Å². The van der Waals surface area contributed by atoms with Crippen molar-refractivity contribution in [3.8, 4) is 0 Å². The van der Waals surface area contributed by atoms with Crippen LogP contribution in [0.1, 0.15) is 38.7 Å². The minimum absolute atomic E-state index is 0.335. The summed E-state index contributed by atoms with van der Waals surface area (Å²) in [6.07, 6.45) is 5.19. The second-order valence-electron chi connectivity index (χ2n) is 5.23. The minimum atomic E-state index is -0.777. The molecule has 1 aromatic rings. The minimum Gasteiger partial charge on any atom is -0.204 e. The van der Waals surface area contributed by atoms with Crippen molar-refractivity contribution in [1.82, 2.24) is 0 Å². The predicted molar refractivity (Wildman–Crippen MR) is 62.0 cm³/mol. The Balaban J connectivity index is 2.26. The molecule has 0 saturated carbocycles. The van der Waals surface area contributed by atoms with E-state index in [4.69, 9.17) is 0 Å². The van der Waals surface area contributed by atoms with Crippen LogP contribution in [0.3, 0.4) is 0 Å². The number of allylic oxidation sites excluding steroid dienone is 2. The van der Waals surface area contributed by atoms with Crippen LogP contribution in [-0.4, -0.2) is 0 Å². The Hall–Kier alpha value is -1.18. The molecular formula is C14H16F2. The van der Waals surface area contributed by atoms with Gasteiger partial charge in [-0.3, -0.25) is 0 Å². The lowest BCUT2D eigenvalue weighted by atomic mass is 9.77. The molecule has 0 aromatic heterocycles. The summed E-state index contributed by atoms with van der Waals surface area (Å²) < 4.78 is 25.9. The number of hydrogen-bond acceptors (Lipinski definition) is 0. The molecule has 0 aliphatic heterocycles. The van der Waals surface area contributed by atoms with Crippen molar-refractivity contribution in [2.45, 2.75) is 33.1 Å². The Morgan fingerprint density at radius 1 is 1.12 bits per heavy atom. The van der Waals surface area contributed by atoms with E-state index in [1.165, 1.54) is 12.1 Å². The lowest BCUT2D eigenvalue weighted by Crippen LogP contribution is -2.14. The molecule has 0 fully saturated rings. The molecule has 0 bridgehead atoms. The van der Waals surface area contributed by atoms with E-state index in [9.17, 15) is 8.78 Å². The van der Waals surface area contributed by atoms with Gasteiger partial charge in [0.15, 0.2) is 11.6 Å². The second-order valence-corrected chi connectivity index (χ2v) is 5.23. The molecule has 0 nitrogen and oxygen atoms in total. The van der Waals surface area contributed by atoms with Crippen LogP contribution >= 0.6 is 0 Å². The summed E-state index contributed by atoms with van der Waals surface area (Å²) in [5.74, 6) is -1.54. The van der Waals surface area contributed by atoms with E-state index in [1.807, 2.05) is 0 Å². The normalized spacial score (nSPS) is 19.4. The molecule has 0 amide bonds. The third-order valence-electron chi connectivity index (χ3n) is 3.26. The fraction of sp³-hybridized carbons (Fsp3) is 0.429. The zero-order valence-electron chi connectivity index (χ0n) is 9.69. The maximum Gasteiger partial charge on any atom is 0.159 e. The van der Waals surface area contributed by atoms with Crippen LogP contribution in [-0.2, 0) is 0 Å². The van der Waals surface area contributed by atoms with E-state index in [-0.39, 0.29) is 0 Å². The monoisotopic (exact) mass is 222 g/mol. The molecule has 0 atom stereocenters. The average Bonchev–Trinajstić information content (AvgIpc) is 2.22. The van der Waals surface area contributed by atoms with Crippen molar-refractivity contribution < 1.29 is 8.78 Å². The third-order valence-corrected chi connectivity index (χ3v) is 3.26. The van der Waals surface area contributed by atoms with Gasteiger partial charge < -0.3 is 0 Å². The van der Waals surface area contributed by atoms with Crippen molar-refractivity contribution in [2.24, 2.45) is 5.41 Å². The molecule has 86 valence electrons. The number of benzene rings is 1. The summed E-state index contributed by atoms with van der Waals surface area (Å²) >= 11 is 0. The van der Waals surface area contributed by atoms with Gasteiger partial charge in [0.2, 0.25) is 0 Å². The van der Waals surface area contributed by atoms with Crippen LogP contribution in [0.4, 0.5) is 8.78 Å². The summed E-state index contributed by atoms with van der Waals surface area (Å²) in [4.78, 5) is 0. The highest BCUT2D eigenvalue weighted by atomic mass is 19.2. The molecule has 16 heavy (non-hydrogen) atoms. The Morgan fingerprint density at radius 2 is 1.88 bits per heavy atom. The molecular weight excluding hydrogens is 206 g/mol. The van der Waals surface area contributed by atoms with Gasteiger partial charge in [-0.15, -0.1) is 0 Å². The van der Waals surface area contributed by atoms with Crippen LogP contribution in [0.5, 0.6) is 0 Å². The number of hydrogen-bond donors (Lipinski definition) is 0. The number of halogens is 2. The quantitative estimate of drug-likeness (QED) is 0.653. The number of rotatable bonds is 1. The van der Waals surface area contributed by atoms with Gasteiger partial charge in [0.05, 0.1) is 0 Å². The first-order valence-corrected chi connectivity index (χ1v) is 5.62. The average molecular weight is 222 g/mol. The first kappa shape index (κ1) is 11.3. The molecule has 2 rings (SSSR count). The van der Waals surface area contributed by atoms with Gasteiger partial charge in [-0.2, -0.15) is 0 Å². The highest BCUT2D eigenvalue weighted by molar-refractivity contribution is 5.66. The third kappa shape index (κ3) is 2.31. The molecule has 2 heteroatoms. The second kappa shape index (κ2) is 4.00. The standard InChI is InChI=1S/C14H16F2/c1-14(2)7-5-10(6-8-14)11-3-4-12(15)13(16)9-11/h3-5,9H,6-8H2,1-2H3. The van der Waals surface area contributed by atoms with Crippen molar-refractivity contribution >= 4 is 5.57 Å². The Kier molecular flexibility index (Phi) is 2.83. The predicted octanol–water partition coefficient (Wildman–Crippen LogP) is 4.56. The van der Waals surface area contributed by atoms with E-state index >= 15 is 0 Å². The SMILES string of the molecule is CC1(C)CC=C(c2ccc(F)c(F)c2)CC1. The van der Waals surface area contributed by atoms with E-state index in [0.29, 0.717) is 5.41 Å². The maximum atomic E-state index is 13.1. The molecule has 0 unspecified atom stereocenters. The van der Waals surface area contributed by atoms with Gasteiger partial charge >= 0.3 is 0 Å². The zero-order valence-corrected chi connectivity index (χ0v) is 9.69. The molecule has 0 spiro atoms. The molecule has 0 heterocycles. The van der Waals surface area contributed by atoms with Gasteiger partial charge in [-0.25, -0.2) is 8.78 Å². The van der Waals surface area contributed by atoms with E-state index in [2.05, 4.69) is 19.9 Å². The largest absolute Gasteiger partial charge is 0.204 e. The Labute approximate surface area is 95.0 Å². The van der Waals surface area contributed by atoms with E-state index in [1.54, 1.807) is 6.07 Å². The van der Waals surface area contributed by atoms with Crippen molar-refractivity contribution in [3.63, 3.8) is 0 Å². The first-order valence-electron chi connectivity index (χ1n) is 5.62. The Morgan fingerprint density at radius 3 is 2.44 bits per heavy atom. The van der Waals surface area contributed by atoms with Crippen LogP contribution in [0.25, 0.3) is 5.57 Å². The van der Waals surface area contributed by atoms with Crippen molar-refractivity contribution in [2.75, 3.05) is 0 Å². The first-order chi connectivity index (χ1) is 7.48. The maximum absolute atomic E-state index is 13.1. The molecule has 0 radical (unpaired) electrons. The van der Waals surface area contributed by atoms with Gasteiger partial charge in [0.1, 0.15) is 0 Å². The smallest absolute Gasteiger partial charge is 0.159 e. The van der Waals surface area contributed by atoms with Crippen LogP contribution in [0.2, 0.25) is 0 Å². The molecule has 1 aromatic carbocycles. The fourth-order valence-electron chi connectivity index (χ4n) is 2.03. The van der Waals surface area contributed by atoms with Crippen molar-refractivity contribution in [1.29, 1.82) is 0 Å². The zero-order chi connectivity index (χ0) is 11.8. The van der Waals surface area contributed by atoms with Crippen LogP contribution in [0, 0.1) is 17.0 Å². The summed E-state index contributed by atoms with van der Waals surface area (Å²) in [5, 5.41) is 0. The van der Waals surface area contributed by atoms with Gasteiger partial charge in [-0.1, -0.05) is 26.0 Å². The van der Waals surface area contributed by atoms with Gasteiger partial charge in [0, 0.05) is 0 Å². The molecule has 0 saturated heterocycles. The highest BCUT2D eigenvalue weighted by Gasteiger charge is 2.22. The summed E-state index contributed by atoms with van der Waals surface area (Å²) in [6.45, 7) is 4.46. The highest BCUT2D eigenvalue weighted by Crippen LogP contribution is 2.37. The van der Waals surface area contributed by atoms with Crippen LogP contribution < -0.4 is 0 Å². The molecule has 0 N–H and O–H groups in total. The topological polar surface area (TPSA) is 0 Å². The molecule has 1 aliphatic carbocycles. The summed E-state index contributed by atoms with van der Waals surface area (Å²) in [6, 6.07) is 4.15. The molecule has 1 aliphatic rings. The Bertz CT molecular complexity index is 430. The van der Waals surface area contributed by atoms with Gasteiger partial charge in [0.25, 0.3) is 0 Å². The van der Waals surface area contributed by atoms with E-state index < -0.39 is 11.6 Å². The summed E-state index contributed by atoms with van der Waals surface area (Å²) in [7, 11) is 0. The fourth-order valence-corrected chi connectivity index (χ4v) is 2.03. The van der Waals surface area contributed by atoms with E-state index in [0.717, 1.165) is 30.4 Å². The lowest BCUT2D eigenvalue weighted by molar-refractivity contribution is 0.335. The van der Waals surface area contributed by atoms with Gasteiger partial charge in [-0.05, 0) is 47.9 Å². The van der Waals surface area contributed by atoms with Crippen LogP contribution in [0.15, 0.2) is 24.3 Å².